The van der Waals surface area contributed by atoms with Crippen molar-refractivity contribution in [3.8, 4) is 0 Å². The Balaban J connectivity index is 2.80. The highest BCUT2D eigenvalue weighted by Gasteiger charge is 2.35. The van der Waals surface area contributed by atoms with E-state index in [4.69, 9.17) is 9.52 Å². The fraction of sp³-hybridized carbons (Fsp3) is 0.455. The van der Waals surface area contributed by atoms with Crippen molar-refractivity contribution < 1.29 is 28.1 Å². The van der Waals surface area contributed by atoms with E-state index in [0.29, 0.717) is 0 Å². The number of aliphatic carboxylic acids is 1. The summed E-state index contributed by atoms with van der Waals surface area (Å²) in [4.78, 5) is 22.0. The van der Waals surface area contributed by atoms with Gasteiger partial charge in [0.1, 0.15) is 10.5 Å². The van der Waals surface area contributed by atoms with Crippen molar-refractivity contribution in [3.05, 3.63) is 23.7 Å². The molecule has 6 nitrogen and oxygen atoms in total. The topological polar surface area (TPSA) is 93.8 Å². The molecule has 0 aliphatic heterocycles. The SMILES string of the molecule is COC(=O)c1ccc(CS(=O)C(C)(C)C(=O)O)o1. The van der Waals surface area contributed by atoms with Crippen LogP contribution in [0.25, 0.3) is 0 Å². The monoisotopic (exact) mass is 274 g/mol. The molecule has 0 aromatic carbocycles. The van der Waals surface area contributed by atoms with E-state index in [-0.39, 0.29) is 17.3 Å². The molecule has 100 valence electrons. The van der Waals surface area contributed by atoms with Gasteiger partial charge in [-0.25, -0.2) is 4.79 Å². The van der Waals surface area contributed by atoms with Crippen molar-refractivity contribution in [2.45, 2.75) is 24.3 Å². The van der Waals surface area contributed by atoms with Crippen LogP contribution in [0.4, 0.5) is 0 Å². The maximum atomic E-state index is 11.9. The number of esters is 1. The van der Waals surface area contributed by atoms with Gasteiger partial charge in [0.2, 0.25) is 5.76 Å². The molecule has 0 bridgehead atoms. The largest absolute Gasteiger partial charge is 0.480 e. The standard InChI is InChI=1S/C11H14O6S/c1-11(2,10(13)14)18(15)6-7-4-5-8(17-7)9(12)16-3/h4-5H,6H2,1-3H3,(H,13,14). The summed E-state index contributed by atoms with van der Waals surface area (Å²) < 4.78 is 20.1. The average Bonchev–Trinajstić information content (AvgIpc) is 2.76. The Kier molecular flexibility index (Phi) is 4.28. The minimum Gasteiger partial charge on any atom is -0.480 e. The van der Waals surface area contributed by atoms with Gasteiger partial charge in [0, 0.05) is 10.8 Å². The summed E-state index contributed by atoms with van der Waals surface area (Å²) in [7, 11) is -0.440. The average molecular weight is 274 g/mol. The van der Waals surface area contributed by atoms with E-state index in [0.717, 1.165) is 0 Å². The van der Waals surface area contributed by atoms with Crippen LogP contribution in [-0.2, 0) is 26.1 Å². The molecule has 0 amide bonds. The number of carbonyl (C=O) groups excluding carboxylic acids is 1. The van der Waals surface area contributed by atoms with Crippen molar-refractivity contribution >= 4 is 22.7 Å². The van der Waals surface area contributed by atoms with E-state index in [1.54, 1.807) is 0 Å². The first-order valence-corrected chi connectivity index (χ1v) is 6.40. The molecule has 1 atom stereocenters. The van der Waals surface area contributed by atoms with Crippen LogP contribution in [0.1, 0.15) is 30.2 Å². The fourth-order valence-corrected chi connectivity index (χ4v) is 2.04. The minimum absolute atomic E-state index is 0.00219. The number of carboxylic acids is 1. The molecule has 1 aromatic heterocycles. The lowest BCUT2D eigenvalue weighted by Gasteiger charge is -2.17. The molecule has 0 saturated carbocycles. The lowest BCUT2D eigenvalue weighted by molar-refractivity contribution is -0.139. The lowest BCUT2D eigenvalue weighted by Crippen LogP contribution is -2.37. The van der Waals surface area contributed by atoms with Crippen LogP contribution in [0, 0.1) is 0 Å². The number of ether oxygens (including phenoxy) is 1. The number of carboxylic acid groups (broad SMARTS) is 1. The molecular formula is C11H14O6S. The van der Waals surface area contributed by atoms with E-state index in [1.807, 2.05) is 0 Å². The second-order valence-corrected chi connectivity index (χ2v) is 6.06. The molecule has 7 heteroatoms. The Hall–Kier alpha value is -1.63. The van der Waals surface area contributed by atoms with Crippen LogP contribution < -0.4 is 0 Å². The first-order valence-electron chi connectivity index (χ1n) is 5.08. The van der Waals surface area contributed by atoms with E-state index in [1.165, 1.54) is 33.1 Å². The second kappa shape index (κ2) is 5.34. The van der Waals surface area contributed by atoms with Crippen LogP contribution >= 0.6 is 0 Å². The molecule has 1 heterocycles. The molecule has 1 unspecified atom stereocenters. The highest BCUT2D eigenvalue weighted by Crippen LogP contribution is 2.19. The number of rotatable bonds is 5. The van der Waals surface area contributed by atoms with Gasteiger partial charge in [-0.3, -0.25) is 9.00 Å². The fourth-order valence-electron chi connectivity index (χ4n) is 1.07. The van der Waals surface area contributed by atoms with Gasteiger partial charge in [-0.15, -0.1) is 0 Å². The third-order valence-electron chi connectivity index (χ3n) is 2.41. The summed E-state index contributed by atoms with van der Waals surface area (Å²) in [5, 5.41) is 8.92. The summed E-state index contributed by atoms with van der Waals surface area (Å²) in [5.74, 6) is -1.58. The zero-order valence-corrected chi connectivity index (χ0v) is 11.1. The van der Waals surface area contributed by atoms with Gasteiger partial charge in [-0.05, 0) is 26.0 Å². The summed E-state index contributed by atoms with van der Waals surface area (Å²) in [5.41, 5.74) is 0. The van der Waals surface area contributed by atoms with Gasteiger partial charge in [-0.2, -0.15) is 0 Å². The molecule has 0 spiro atoms. The van der Waals surface area contributed by atoms with Crippen molar-refractivity contribution in [2.75, 3.05) is 7.11 Å². The number of carbonyl (C=O) groups is 2. The predicted molar refractivity (Wildman–Crippen MR) is 63.6 cm³/mol. The van der Waals surface area contributed by atoms with E-state index in [9.17, 15) is 13.8 Å². The number of hydrogen-bond donors (Lipinski definition) is 1. The number of methoxy groups -OCH3 is 1. The number of hydrogen-bond acceptors (Lipinski definition) is 5. The Morgan fingerprint density at radius 3 is 2.56 bits per heavy atom. The summed E-state index contributed by atoms with van der Waals surface area (Å²) >= 11 is 0. The zero-order chi connectivity index (χ0) is 13.9. The molecule has 1 rings (SSSR count). The summed E-state index contributed by atoms with van der Waals surface area (Å²) in [6.07, 6.45) is 0. The van der Waals surface area contributed by atoms with Crippen LogP contribution in [0.5, 0.6) is 0 Å². The van der Waals surface area contributed by atoms with Crippen molar-refractivity contribution in [3.63, 3.8) is 0 Å². The van der Waals surface area contributed by atoms with E-state index < -0.39 is 27.5 Å². The Labute approximate surface area is 106 Å². The molecule has 1 aromatic rings. The predicted octanol–water partition coefficient (Wildman–Crippen LogP) is 1.18. The lowest BCUT2D eigenvalue weighted by atomic mass is 10.2. The Morgan fingerprint density at radius 2 is 2.06 bits per heavy atom. The number of furan rings is 1. The van der Waals surface area contributed by atoms with Crippen LogP contribution in [0.3, 0.4) is 0 Å². The molecular weight excluding hydrogens is 260 g/mol. The van der Waals surface area contributed by atoms with Gasteiger partial charge in [0.25, 0.3) is 0 Å². The van der Waals surface area contributed by atoms with Gasteiger partial charge >= 0.3 is 11.9 Å². The maximum Gasteiger partial charge on any atom is 0.373 e. The molecule has 18 heavy (non-hydrogen) atoms. The van der Waals surface area contributed by atoms with Crippen molar-refractivity contribution in [2.24, 2.45) is 0 Å². The zero-order valence-electron chi connectivity index (χ0n) is 10.3. The maximum absolute atomic E-state index is 11.9. The second-order valence-electron chi connectivity index (χ2n) is 4.06. The van der Waals surface area contributed by atoms with Gasteiger partial charge in [0.15, 0.2) is 0 Å². The van der Waals surface area contributed by atoms with Gasteiger partial charge < -0.3 is 14.3 Å². The first kappa shape index (κ1) is 14.4. The summed E-state index contributed by atoms with van der Waals surface area (Å²) in [6.45, 7) is 2.74. The van der Waals surface area contributed by atoms with Crippen LogP contribution in [0.2, 0.25) is 0 Å². The van der Waals surface area contributed by atoms with Gasteiger partial charge in [0.05, 0.1) is 12.9 Å². The Bertz CT molecular complexity index is 487. The normalized spacial score (nSPS) is 13.1. The highest BCUT2D eigenvalue weighted by atomic mass is 32.2. The van der Waals surface area contributed by atoms with Gasteiger partial charge in [-0.1, -0.05) is 0 Å². The van der Waals surface area contributed by atoms with Crippen LogP contribution in [0.15, 0.2) is 16.5 Å². The molecule has 1 N–H and O–H groups in total. The van der Waals surface area contributed by atoms with Crippen molar-refractivity contribution in [1.82, 2.24) is 0 Å². The molecule has 0 saturated heterocycles. The molecule has 0 aliphatic rings. The third kappa shape index (κ3) is 2.98. The molecule has 0 radical (unpaired) electrons. The summed E-state index contributed by atoms with van der Waals surface area (Å²) in [6, 6.07) is 2.87. The Morgan fingerprint density at radius 1 is 1.44 bits per heavy atom. The van der Waals surface area contributed by atoms with Crippen LogP contribution in [-0.4, -0.2) is 33.1 Å². The highest BCUT2D eigenvalue weighted by molar-refractivity contribution is 7.86. The third-order valence-corrected chi connectivity index (χ3v) is 4.27. The van der Waals surface area contributed by atoms with E-state index in [2.05, 4.69) is 4.74 Å². The smallest absolute Gasteiger partial charge is 0.373 e. The molecule has 0 fully saturated rings. The first-order chi connectivity index (χ1) is 8.28. The molecule has 0 aliphatic carbocycles. The van der Waals surface area contributed by atoms with Crippen molar-refractivity contribution in [1.29, 1.82) is 0 Å². The minimum atomic E-state index is -1.66. The quantitative estimate of drug-likeness (QED) is 0.810. The van der Waals surface area contributed by atoms with E-state index >= 15 is 0 Å².